The number of carboxylic acids is 1. The van der Waals surface area contributed by atoms with Crippen LogP contribution in [0.2, 0.25) is 0 Å². The molecule has 0 radical (unpaired) electrons. The van der Waals surface area contributed by atoms with E-state index in [-0.39, 0.29) is 16.8 Å². The second-order valence-corrected chi connectivity index (χ2v) is 4.75. The minimum Gasteiger partial charge on any atom is -0.478 e. The van der Waals surface area contributed by atoms with Gasteiger partial charge in [-0.2, -0.15) is 13.2 Å². The number of anilines is 1. The highest BCUT2D eigenvalue weighted by Gasteiger charge is 2.38. The van der Waals surface area contributed by atoms with Crippen molar-refractivity contribution in [1.82, 2.24) is 0 Å². The van der Waals surface area contributed by atoms with Gasteiger partial charge in [-0.05, 0) is 38.0 Å². The second kappa shape index (κ2) is 3.90. The van der Waals surface area contributed by atoms with Gasteiger partial charge < -0.3 is 10.4 Å². The van der Waals surface area contributed by atoms with Crippen molar-refractivity contribution in [3.05, 3.63) is 29.3 Å². The van der Waals surface area contributed by atoms with Crippen LogP contribution in [-0.4, -0.2) is 16.6 Å². The number of rotatable bonds is 3. The van der Waals surface area contributed by atoms with Gasteiger partial charge in [0.05, 0.1) is 11.1 Å². The lowest BCUT2D eigenvalue weighted by atomic mass is 10.1. The number of alkyl halides is 3. The van der Waals surface area contributed by atoms with Crippen molar-refractivity contribution in [2.24, 2.45) is 0 Å². The standard InChI is InChI=1S/C12H12F3NO2/c1-11(4-5-11)16-9-3-2-7(12(13,14)15)6-8(9)10(17)18/h2-3,6,16H,4-5H2,1H3,(H,17,18). The first-order valence-electron chi connectivity index (χ1n) is 5.44. The van der Waals surface area contributed by atoms with E-state index in [1.54, 1.807) is 0 Å². The van der Waals surface area contributed by atoms with Gasteiger partial charge in [0.25, 0.3) is 0 Å². The number of hydrogen-bond acceptors (Lipinski definition) is 2. The Bertz CT molecular complexity index is 493. The predicted molar refractivity (Wildman–Crippen MR) is 59.7 cm³/mol. The molecule has 0 spiro atoms. The Kier molecular flexibility index (Phi) is 2.76. The van der Waals surface area contributed by atoms with Crippen LogP contribution in [0.4, 0.5) is 18.9 Å². The molecule has 0 unspecified atom stereocenters. The van der Waals surface area contributed by atoms with Crippen molar-refractivity contribution in [2.75, 3.05) is 5.32 Å². The predicted octanol–water partition coefficient (Wildman–Crippen LogP) is 3.37. The summed E-state index contributed by atoms with van der Waals surface area (Å²) in [5.74, 6) is -1.37. The number of hydrogen-bond donors (Lipinski definition) is 2. The van der Waals surface area contributed by atoms with Crippen LogP contribution in [0.1, 0.15) is 35.7 Å². The zero-order valence-corrected chi connectivity index (χ0v) is 9.64. The fourth-order valence-electron chi connectivity index (χ4n) is 1.64. The number of nitrogens with one attached hydrogen (secondary N) is 1. The van der Waals surface area contributed by atoms with Gasteiger partial charge in [0.1, 0.15) is 0 Å². The summed E-state index contributed by atoms with van der Waals surface area (Å²) in [5, 5.41) is 11.9. The summed E-state index contributed by atoms with van der Waals surface area (Å²) in [7, 11) is 0. The summed E-state index contributed by atoms with van der Waals surface area (Å²) in [4.78, 5) is 11.0. The summed E-state index contributed by atoms with van der Waals surface area (Å²) in [5.41, 5.74) is -1.26. The van der Waals surface area contributed by atoms with Crippen LogP contribution in [0.15, 0.2) is 18.2 Å². The van der Waals surface area contributed by atoms with Crippen LogP contribution >= 0.6 is 0 Å². The van der Waals surface area contributed by atoms with Gasteiger partial charge in [0, 0.05) is 11.2 Å². The van der Waals surface area contributed by atoms with Crippen LogP contribution in [0.3, 0.4) is 0 Å². The van der Waals surface area contributed by atoms with E-state index in [0.717, 1.165) is 18.9 Å². The van der Waals surface area contributed by atoms with Crippen molar-refractivity contribution in [2.45, 2.75) is 31.5 Å². The number of carboxylic acid groups (broad SMARTS) is 1. The van der Waals surface area contributed by atoms with Gasteiger partial charge in [-0.1, -0.05) is 0 Å². The third-order valence-electron chi connectivity index (χ3n) is 3.01. The average molecular weight is 259 g/mol. The van der Waals surface area contributed by atoms with Crippen LogP contribution < -0.4 is 5.32 Å². The Balaban J connectivity index is 2.38. The SMILES string of the molecule is CC1(Nc2ccc(C(F)(F)F)cc2C(=O)O)CC1. The van der Waals surface area contributed by atoms with Gasteiger partial charge in [-0.15, -0.1) is 0 Å². The largest absolute Gasteiger partial charge is 0.478 e. The van der Waals surface area contributed by atoms with E-state index in [1.807, 2.05) is 6.92 Å². The molecule has 0 saturated heterocycles. The minimum absolute atomic E-state index is 0.191. The molecule has 0 heterocycles. The fraction of sp³-hybridized carbons (Fsp3) is 0.417. The lowest BCUT2D eigenvalue weighted by Gasteiger charge is -2.17. The summed E-state index contributed by atoms with van der Waals surface area (Å²) < 4.78 is 37.5. The third kappa shape index (κ3) is 2.57. The molecule has 2 N–H and O–H groups in total. The Morgan fingerprint density at radius 2 is 2.00 bits per heavy atom. The summed E-state index contributed by atoms with van der Waals surface area (Å²) in [6, 6.07) is 2.73. The van der Waals surface area contributed by atoms with Gasteiger partial charge >= 0.3 is 12.1 Å². The van der Waals surface area contributed by atoms with E-state index in [2.05, 4.69) is 5.32 Å². The summed E-state index contributed by atoms with van der Waals surface area (Å²) in [6.07, 6.45) is -2.77. The number of aromatic carboxylic acids is 1. The van der Waals surface area contributed by atoms with Crippen molar-refractivity contribution in [1.29, 1.82) is 0 Å². The summed E-state index contributed by atoms with van der Waals surface area (Å²) in [6.45, 7) is 1.90. The molecule has 1 aromatic carbocycles. The Morgan fingerprint density at radius 1 is 1.39 bits per heavy atom. The number of carbonyl (C=O) groups is 1. The van der Waals surface area contributed by atoms with Crippen molar-refractivity contribution in [3.63, 3.8) is 0 Å². The van der Waals surface area contributed by atoms with Crippen molar-refractivity contribution in [3.8, 4) is 0 Å². The van der Waals surface area contributed by atoms with Gasteiger partial charge in [-0.25, -0.2) is 4.79 Å². The quantitative estimate of drug-likeness (QED) is 0.875. The zero-order valence-electron chi connectivity index (χ0n) is 9.64. The molecule has 6 heteroatoms. The van der Waals surface area contributed by atoms with Crippen LogP contribution in [0, 0.1) is 0 Å². The molecule has 3 nitrogen and oxygen atoms in total. The Labute approximate surface area is 102 Å². The average Bonchev–Trinajstić information content (AvgIpc) is 2.94. The van der Waals surface area contributed by atoms with E-state index in [1.165, 1.54) is 6.07 Å². The first-order chi connectivity index (χ1) is 8.21. The molecule has 0 aliphatic heterocycles. The lowest BCUT2D eigenvalue weighted by Crippen LogP contribution is -2.19. The second-order valence-electron chi connectivity index (χ2n) is 4.75. The molecule has 18 heavy (non-hydrogen) atoms. The van der Waals surface area contributed by atoms with Gasteiger partial charge in [0.15, 0.2) is 0 Å². The maximum Gasteiger partial charge on any atom is 0.416 e. The highest BCUT2D eigenvalue weighted by atomic mass is 19.4. The first kappa shape index (κ1) is 12.7. The molecular formula is C12H12F3NO2. The van der Waals surface area contributed by atoms with E-state index >= 15 is 0 Å². The van der Waals surface area contributed by atoms with Gasteiger partial charge in [0.2, 0.25) is 0 Å². The topological polar surface area (TPSA) is 49.3 Å². The number of halogens is 3. The molecule has 1 fully saturated rings. The number of benzene rings is 1. The van der Waals surface area contributed by atoms with Crippen LogP contribution in [0.5, 0.6) is 0 Å². The smallest absolute Gasteiger partial charge is 0.416 e. The molecule has 98 valence electrons. The normalized spacial score (nSPS) is 17.3. The zero-order chi connectivity index (χ0) is 13.6. The Morgan fingerprint density at radius 3 is 2.44 bits per heavy atom. The van der Waals surface area contributed by atoms with Crippen LogP contribution in [-0.2, 0) is 6.18 Å². The van der Waals surface area contributed by atoms with Crippen molar-refractivity contribution >= 4 is 11.7 Å². The maximum atomic E-state index is 12.5. The molecular weight excluding hydrogens is 247 g/mol. The molecule has 1 aliphatic rings. The maximum absolute atomic E-state index is 12.5. The van der Waals surface area contributed by atoms with E-state index in [0.29, 0.717) is 6.07 Å². The highest BCUT2D eigenvalue weighted by molar-refractivity contribution is 5.94. The highest BCUT2D eigenvalue weighted by Crippen LogP contribution is 2.40. The third-order valence-corrected chi connectivity index (χ3v) is 3.01. The van der Waals surface area contributed by atoms with Crippen molar-refractivity contribution < 1.29 is 23.1 Å². The lowest BCUT2D eigenvalue weighted by molar-refractivity contribution is -0.137. The molecule has 1 aliphatic carbocycles. The molecule has 0 bridgehead atoms. The van der Waals surface area contributed by atoms with E-state index < -0.39 is 17.7 Å². The molecule has 0 aromatic heterocycles. The van der Waals surface area contributed by atoms with E-state index in [9.17, 15) is 18.0 Å². The summed E-state index contributed by atoms with van der Waals surface area (Å²) >= 11 is 0. The molecule has 0 amide bonds. The Hall–Kier alpha value is -1.72. The fourth-order valence-corrected chi connectivity index (χ4v) is 1.64. The molecule has 2 rings (SSSR count). The van der Waals surface area contributed by atoms with E-state index in [4.69, 9.17) is 5.11 Å². The molecule has 0 atom stereocenters. The molecule has 1 aromatic rings. The molecule has 1 saturated carbocycles. The first-order valence-corrected chi connectivity index (χ1v) is 5.44. The minimum atomic E-state index is -4.54. The van der Waals surface area contributed by atoms with Crippen LogP contribution in [0.25, 0.3) is 0 Å². The van der Waals surface area contributed by atoms with Gasteiger partial charge in [-0.3, -0.25) is 0 Å². The monoisotopic (exact) mass is 259 g/mol.